The summed E-state index contributed by atoms with van der Waals surface area (Å²) in [7, 11) is 0. The van der Waals surface area contributed by atoms with E-state index in [1.165, 1.54) is 32.1 Å². The number of aromatic nitrogens is 3. The maximum atomic E-state index is 13.5. The van der Waals surface area contributed by atoms with E-state index in [4.69, 9.17) is 0 Å². The van der Waals surface area contributed by atoms with Gasteiger partial charge in [-0.3, -0.25) is 9.20 Å². The van der Waals surface area contributed by atoms with Crippen molar-refractivity contribution in [2.75, 3.05) is 24.5 Å². The fourth-order valence-corrected chi connectivity index (χ4v) is 5.31. The molecule has 2 aromatic heterocycles. The van der Waals surface area contributed by atoms with Gasteiger partial charge in [0.25, 0.3) is 0 Å². The average Bonchev–Trinajstić information content (AvgIpc) is 3.30. The van der Waals surface area contributed by atoms with Gasteiger partial charge in [0.2, 0.25) is 11.9 Å². The minimum atomic E-state index is -0.212. The molecule has 1 unspecified atom stereocenters. The molecule has 4 heterocycles. The van der Waals surface area contributed by atoms with Crippen LogP contribution in [0.25, 0.3) is 5.65 Å². The van der Waals surface area contributed by atoms with Crippen LogP contribution in [0, 0.1) is 5.41 Å². The predicted octanol–water partition coefficient (Wildman–Crippen LogP) is 2.88. The molecule has 3 fully saturated rings. The van der Waals surface area contributed by atoms with Gasteiger partial charge in [-0.2, -0.15) is 0 Å². The van der Waals surface area contributed by atoms with Crippen LogP contribution in [0.2, 0.25) is 0 Å². The van der Waals surface area contributed by atoms with Gasteiger partial charge in [0.1, 0.15) is 0 Å². The van der Waals surface area contributed by atoms with Crippen LogP contribution in [0.5, 0.6) is 0 Å². The number of carbonyl (C=O) groups is 1. The third kappa shape index (κ3) is 2.49. The Bertz CT molecular complexity index is 811. The zero-order valence-electron chi connectivity index (χ0n) is 15.3. The average molecular weight is 353 g/mol. The van der Waals surface area contributed by atoms with Crippen LogP contribution in [0.15, 0.2) is 24.4 Å². The highest BCUT2D eigenvalue weighted by molar-refractivity contribution is 5.85. The van der Waals surface area contributed by atoms with E-state index in [9.17, 15) is 4.79 Å². The Morgan fingerprint density at radius 2 is 1.88 bits per heavy atom. The van der Waals surface area contributed by atoms with E-state index in [1.807, 2.05) is 28.8 Å². The summed E-state index contributed by atoms with van der Waals surface area (Å²) < 4.78 is 2.03. The molecule has 2 aliphatic heterocycles. The standard InChI is InChI=1S/C20H27N5O/c26-18-20(10-6-13-24(18)16-7-2-1-3-8-16)11-14-23(15-20)19-22-21-17-9-4-5-12-25(17)19/h4-5,9,12,16H,1-3,6-8,10-11,13-15H2. The van der Waals surface area contributed by atoms with Crippen LogP contribution < -0.4 is 4.90 Å². The molecular formula is C20H27N5O. The zero-order chi connectivity index (χ0) is 17.6. The monoisotopic (exact) mass is 353 g/mol. The minimum Gasteiger partial charge on any atom is -0.340 e. The van der Waals surface area contributed by atoms with Gasteiger partial charge in [-0.1, -0.05) is 25.3 Å². The molecule has 1 atom stereocenters. The van der Waals surface area contributed by atoms with Crippen LogP contribution in [0.3, 0.4) is 0 Å². The van der Waals surface area contributed by atoms with Gasteiger partial charge in [0.05, 0.1) is 5.41 Å². The molecule has 5 rings (SSSR count). The fourth-order valence-electron chi connectivity index (χ4n) is 5.31. The van der Waals surface area contributed by atoms with Crippen LogP contribution in [0.4, 0.5) is 5.95 Å². The molecule has 2 saturated heterocycles. The number of fused-ring (bicyclic) bond motifs is 1. The summed E-state index contributed by atoms with van der Waals surface area (Å²) in [5, 5.41) is 8.68. The number of hydrogen-bond acceptors (Lipinski definition) is 4. The SMILES string of the molecule is O=C1N(C2CCCCC2)CCCC12CCN(c1nnc3ccccn13)C2. The third-order valence-electron chi connectivity index (χ3n) is 6.72. The summed E-state index contributed by atoms with van der Waals surface area (Å²) in [6, 6.07) is 6.43. The van der Waals surface area contributed by atoms with Crippen LogP contribution in [0.1, 0.15) is 51.4 Å². The molecule has 6 nitrogen and oxygen atoms in total. The van der Waals surface area contributed by atoms with E-state index < -0.39 is 0 Å². The molecule has 3 aliphatic rings. The Morgan fingerprint density at radius 3 is 2.77 bits per heavy atom. The number of pyridine rings is 1. The summed E-state index contributed by atoms with van der Waals surface area (Å²) in [5.74, 6) is 1.28. The van der Waals surface area contributed by atoms with E-state index in [1.54, 1.807) is 0 Å². The van der Waals surface area contributed by atoms with E-state index in [0.29, 0.717) is 11.9 Å². The molecule has 0 aromatic carbocycles. The number of piperidine rings is 1. The minimum absolute atomic E-state index is 0.212. The number of hydrogen-bond donors (Lipinski definition) is 0. The smallest absolute Gasteiger partial charge is 0.231 e. The lowest BCUT2D eigenvalue weighted by atomic mass is 9.77. The number of rotatable bonds is 2. The van der Waals surface area contributed by atoms with Crippen LogP contribution in [-0.2, 0) is 4.79 Å². The quantitative estimate of drug-likeness (QED) is 0.833. The van der Waals surface area contributed by atoms with E-state index in [0.717, 1.165) is 50.5 Å². The largest absolute Gasteiger partial charge is 0.340 e. The first-order valence-electron chi connectivity index (χ1n) is 10.1. The van der Waals surface area contributed by atoms with E-state index >= 15 is 0 Å². The summed E-state index contributed by atoms with van der Waals surface area (Å²) in [6.45, 7) is 2.63. The van der Waals surface area contributed by atoms with Crippen molar-refractivity contribution in [3.63, 3.8) is 0 Å². The Hall–Kier alpha value is -2.11. The Balaban J connectivity index is 1.39. The molecule has 1 saturated carbocycles. The highest BCUT2D eigenvalue weighted by Gasteiger charge is 2.50. The van der Waals surface area contributed by atoms with Gasteiger partial charge >= 0.3 is 0 Å². The van der Waals surface area contributed by atoms with Gasteiger partial charge < -0.3 is 9.80 Å². The Labute approximate surface area is 154 Å². The molecule has 1 spiro atoms. The lowest BCUT2D eigenvalue weighted by Crippen LogP contribution is -2.54. The maximum absolute atomic E-state index is 13.5. The van der Waals surface area contributed by atoms with Crippen molar-refractivity contribution in [2.24, 2.45) is 5.41 Å². The lowest BCUT2D eigenvalue weighted by molar-refractivity contribution is -0.148. The maximum Gasteiger partial charge on any atom is 0.231 e. The number of nitrogens with zero attached hydrogens (tertiary/aromatic N) is 5. The van der Waals surface area contributed by atoms with E-state index in [2.05, 4.69) is 20.0 Å². The first-order chi connectivity index (χ1) is 12.8. The summed E-state index contributed by atoms with van der Waals surface area (Å²) in [6.07, 6.45) is 11.4. The van der Waals surface area contributed by atoms with Crippen LogP contribution in [-0.4, -0.2) is 51.1 Å². The second-order valence-electron chi connectivity index (χ2n) is 8.27. The summed E-state index contributed by atoms with van der Waals surface area (Å²) in [4.78, 5) is 18.0. The Kier molecular flexibility index (Phi) is 3.87. The fraction of sp³-hybridized carbons (Fsp3) is 0.650. The number of amides is 1. The molecule has 26 heavy (non-hydrogen) atoms. The van der Waals surface area contributed by atoms with Gasteiger partial charge in [-0.05, 0) is 44.2 Å². The highest BCUT2D eigenvalue weighted by atomic mass is 16.2. The molecule has 1 amide bonds. The van der Waals surface area contributed by atoms with Crippen molar-refractivity contribution in [1.82, 2.24) is 19.5 Å². The van der Waals surface area contributed by atoms with Crippen molar-refractivity contribution in [1.29, 1.82) is 0 Å². The number of likely N-dealkylation sites (tertiary alicyclic amines) is 1. The number of carbonyl (C=O) groups excluding carboxylic acids is 1. The second-order valence-corrected chi connectivity index (χ2v) is 8.27. The molecule has 0 bridgehead atoms. The van der Waals surface area contributed by atoms with Gasteiger partial charge in [0, 0.05) is 31.9 Å². The van der Waals surface area contributed by atoms with E-state index in [-0.39, 0.29) is 5.41 Å². The zero-order valence-corrected chi connectivity index (χ0v) is 15.3. The molecule has 2 aromatic rings. The molecule has 0 radical (unpaired) electrons. The molecule has 138 valence electrons. The first-order valence-corrected chi connectivity index (χ1v) is 10.1. The predicted molar refractivity (Wildman–Crippen MR) is 100 cm³/mol. The lowest BCUT2D eigenvalue weighted by Gasteiger charge is -2.44. The van der Waals surface area contributed by atoms with Crippen molar-refractivity contribution < 1.29 is 4.79 Å². The highest BCUT2D eigenvalue weighted by Crippen LogP contribution is 2.42. The van der Waals surface area contributed by atoms with Crippen LogP contribution >= 0.6 is 0 Å². The topological polar surface area (TPSA) is 53.7 Å². The Morgan fingerprint density at radius 1 is 1.00 bits per heavy atom. The van der Waals surface area contributed by atoms with Crippen molar-refractivity contribution in [3.05, 3.63) is 24.4 Å². The van der Waals surface area contributed by atoms with Gasteiger partial charge in [-0.25, -0.2) is 0 Å². The van der Waals surface area contributed by atoms with Gasteiger partial charge in [-0.15, -0.1) is 10.2 Å². The second kappa shape index (κ2) is 6.25. The van der Waals surface area contributed by atoms with Crippen molar-refractivity contribution in [2.45, 2.75) is 57.4 Å². The normalized spacial score (nSPS) is 27.8. The third-order valence-corrected chi connectivity index (χ3v) is 6.72. The summed E-state index contributed by atoms with van der Waals surface area (Å²) in [5.41, 5.74) is 0.651. The van der Waals surface area contributed by atoms with Crippen molar-refractivity contribution >= 4 is 17.5 Å². The first kappa shape index (κ1) is 16.1. The van der Waals surface area contributed by atoms with Gasteiger partial charge in [0.15, 0.2) is 5.65 Å². The molecule has 1 aliphatic carbocycles. The number of anilines is 1. The molecule has 6 heteroatoms. The molecule has 0 N–H and O–H groups in total. The van der Waals surface area contributed by atoms with Crippen molar-refractivity contribution in [3.8, 4) is 0 Å². The summed E-state index contributed by atoms with van der Waals surface area (Å²) >= 11 is 0. The molecular weight excluding hydrogens is 326 g/mol.